The second-order valence-electron chi connectivity index (χ2n) is 3.37. The predicted molar refractivity (Wildman–Crippen MR) is 71.5 cm³/mol. The van der Waals surface area contributed by atoms with Crippen LogP contribution in [0.1, 0.15) is 0 Å². The van der Waals surface area contributed by atoms with E-state index in [0.717, 1.165) is 11.0 Å². The van der Waals surface area contributed by atoms with Crippen LogP contribution in [0.4, 0.5) is 0 Å². The molecule has 0 saturated heterocycles. The number of para-hydroxylation sites is 2. The number of nitrogens with zero attached hydrogens (tertiary/aromatic N) is 1. The smallest absolute Gasteiger partial charge is 0.0709 e. The van der Waals surface area contributed by atoms with Gasteiger partial charge in [0.1, 0.15) is 0 Å². The summed E-state index contributed by atoms with van der Waals surface area (Å²) in [6.07, 6.45) is 0. The van der Waals surface area contributed by atoms with Gasteiger partial charge in [-0.25, -0.2) is 4.98 Å². The van der Waals surface area contributed by atoms with Crippen molar-refractivity contribution in [1.29, 1.82) is 0 Å². The third kappa shape index (κ3) is 1.98. The molecule has 16 heavy (non-hydrogen) atoms. The van der Waals surface area contributed by atoms with Crippen LogP contribution < -0.4 is 6.15 Å². The van der Waals surface area contributed by atoms with Crippen LogP contribution >= 0.6 is 12.4 Å². The van der Waals surface area contributed by atoms with Crippen LogP contribution in [0.2, 0.25) is 0 Å². The topological polar surface area (TPSA) is 47.9 Å². The number of fused-ring (bicyclic) bond motifs is 2. The Bertz CT molecular complexity index is 503. The number of halogens is 1. The summed E-state index contributed by atoms with van der Waals surface area (Å²) in [5.74, 6) is 0. The molecule has 0 saturated carbocycles. The van der Waals surface area contributed by atoms with Crippen molar-refractivity contribution in [2.24, 2.45) is 0 Å². The van der Waals surface area contributed by atoms with Crippen molar-refractivity contribution in [3.63, 3.8) is 0 Å². The summed E-state index contributed by atoms with van der Waals surface area (Å²) in [6, 6.07) is 18.6. The van der Waals surface area contributed by atoms with Crippen LogP contribution in [-0.2, 0) is 0 Å². The Balaban J connectivity index is 0.000000640. The van der Waals surface area contributed by atoms with Crippen molar-refractivity contribution in [3.05, 3.63) is 54.6 Å². The predicted octanol–water partition coefficient (Wildman–Crippen LogP) is 3.97. The highest BCUT2D eigenvalue weighted by Gasteiger charge is 1.96. The Morgan fingerprint density at radius 1 is 0.688 bits per heavy atom. The molecule has 0 aliphatic heterocycles. The van der Waals surface area contributed by atoms with Crippen molar-refractivity contribution in [3.8, 4) is 0 Å². The molecule has 3 rings (SSSR count). The first-order valence-electron chi connectivity index (χ1n) is 4.68. The number of rotatable bonds is 0. The summed E-state index contributed by atoms with van der Waals surface area (Å²) in [6.45, 7) is 0. The van der Waals surface area contributed by atoms with Crippen LogP contribution in [0.15, 0.2) is 54.6 Å². The lowest BCUT2D eigenvalue weighted by molar-refractivity contribution is 1.50. The molecular formula is C13H13ClN2. The second-order valence-corrected chi connectivity index (χ2v) is 3.37. The SMILES string of the molecule is Cl.N.c1ccc2nc3ccccc3cc2c1. The standard InChI is InChI=1S/C13H9N.ClH.H3N/c1-3-7-12-10(5-1)9-11-6-2-4-8-13(11)14-12;;/h1-9H;1H;1H3. The minimum absolute atomic E-state index is 0. The maximum absolute atomic E-state index is 4.58. The van der Waals surface area contributed by atoms with Crippen molar-refractivity contribution in [2.75, 3.05) is 0 Å². The van der Waals surface area contributed by atoms with E-state index in [9.17, 15) is 0 Å². The largest absolute Gasteiger partial charge is 0.344 e. The highest BCUT2D eigenvalue weighted by atomic mass is 35.5. The lowest BCUT2D eigenvalue weighted by Gasteiger charge is -1.99. The van der Waals surface area contributed by atoms with Crippen LogP contribution in [0.3, 0.4) is 0 Å². The van der Waals surface area contributed by atoms with Crippen molar-refractivity contribution in [1.82, 2.24) is 11.1 Å². The van der Waals surface area contributed by atoms with Crippen LogP contribution in [0, 0.1) is 0 Å². The molecule has 0 spiro atoms. The monoisotopic (exact) mass is 232 g/mol. The molecule has 0 aliphatic rings. The van der Waals surface area contributed by atoms with Gasteiger partial charge in [0.25, 0.3) is 0 Å². The van der Waals surface area contributed by atoms with Crippen LogP contribution in [-0.4, -0.2) is 4.98 Å². The van der Waals surface area contributed by atoms with Gasteiger partial charge in [0.15, 0.2) is 0 Å². The highest BCUT2D eigenvalue weighted by molar-refractivity contribution is 5.92. The number of pyridine rings is 1. The fourth-order valence-electron chi connectivity index (χ4n) is 1.72. The number of hydrogen-bond donors (Lipinski definition) is 1. The van der Waals surface area contributed by atoms with Gasteiger partial charge in [0.05, 0.1) is 11.0 Å². The molecule has 0 radical (unpaired) electrons. The first-order chi connectivity index (χ1) is 6.93. The quantitative estimate of drug-likeness (QED) is 0.596. The van der Waals surface area contributed by atoms with E-state index in [-0.39, 0.29) is 18.6 Å². The zero-order valence-corrected chi connectivity index (χ0v) is 9.58. The molecule has 0 bridgehead atoms. The third-order valence-corrected chi connectivity index (χ3v) is 2.43. The maximum atomic E-state index is 4.58. The van der Waals surface area contributed by atoms with E-state index in [1.807, 2.05) is 36.4 Å². The van der Waals surface area contributed by atoms with Crippen LogP contribution in [0.25, 0.3) is 21.8 Å². The molecule has 3 aromatic rings. The lowest BCUT2D eigenvalue weighted by Crippen LogP contribution is -1.80. The molecule has 1 heterocycles. The van der Waals surface area contributed by atoms with Crippen molar-refractivity contribution in [2.45, 2.75) is 0 Å². The second kappa shape index (κ2) is 4.92. The van der Waals surface area contributed by atoms with Gasteiger partial charge in [0, 0.05) is 10.8 Å². The van der Waals surface area contributed by atoms with Gasteiger partial charge < -0.3 is 6.15 Å². The fourth-order valence-corrected chi connectivity index (χ4v) is 1.72. The van der Waals surface area contributed by atoms with Gasteiger partial charge in [-0.3, -0.25) is 0 Å². The number of hydrogen-bond acceptors (Lipinski definition) is 2. The molecule has 0 atom stereocenters. The third-order valence-electron chi connectivity index (χ3n) is 2.43. The van der Waals surface area contributed by atoms with Gasteiger partial charge in [-0.05, 0) is 18.2 Å². The molecule has 2 aromatic carbocycles. The average Bonchev–Trinajstić information content (AvgIpc) is 2.26. The van der Waals surface area contributed by atoms with E-state index in [2.05, 4.69) is 23.2 Å². The first kappa shape index (κ1) is 12.4. The van der Waals surface area contributed by atoms with E-state index < -0.39 is 0 Å². The Kier molecular flexibility index (Phi) is 3.82. The Labute approximate surface area is 100 Å². The summed E-state index contributed by atoms with van der Waals surface area (Å²) in [5, 5.41) is 2.40. The molecule has 2 nitrogen and oxygen atoms in total. The molecule has 3 N–H and O–H groups in total. The highest BCUT2D eigenvalue weighted by Crippen LogP contribution is 2.18. The number of benzene rings is 2. The molecule has 0 amide bonds. The zero-order chi connectivity index (χ0) is 9.38. The fraction of sp³-hybridized carbons (Fsp3) is 0. The molecule has 3 heteroatoms. The van der Waals surface area contributed by atoms with E-state index in [4.69, 9.17) is 0 Å². The molecule has 0 aliphatic carbocycles. The minimum atomic E-state index is 0. The van der Waals surface area contributed by atoms with Gasteiger partial charge in [-0.15, -0.1) is 12.4 Å². The van der Waals surface area contributed by atoms with E-state index in [1.54, 1.807) is 0 Å². The summed E-state index contributed by atoms with van der Waals surface area (Å²) < 4.78 is 0. The van der Waals surface area contributed by atoms with E-state index in [0.29, 0.717) is 0 Å². The Morgan fingerprint density at radius 2 is 1.12 bits per heavy atom. The molecular weight excluding hydrogens is 220 g/mol. The van der Waals surface area contributed by atoms with Crippen molar-refractivity contribution < 1.29 is 0 Å². The average molecular weight is 233 g/mol. The summed E-state index contributed by atoms with van der Waals surface area (Å²) in [4.78, 5) is 4.58. The summed E-state index contributed by atoms with van der Waals surface area (Å²) >= 11 is 0. The van der Waals surface area contributed by atoms with E-state index >= 15 is 0 Å². The van der Waals surface area contributed by atoms with E-state index in [1.165, 1.54) is 10.8 Å². The maximum Gasteiger partial charge on any atom is 0.0709 e. The van der Waals surface area contributed by atoms with Crippen LogP contribution in [0.5, 0.6) is 0 Å². The van der Waals surface area contributed by atoms with Crippen molar-refractivity contribution >= 4 is 34.2 Å². The van der Waals surface area contributed by atoms with Gasteiger partial charge in [0.2, 0.25) is 0 Å². The normalized spacial score (nSPS) is 9.50. The minimum Gasteiger partial charge on any atom is -0.344 e. The molecule has 0 unspecified atom stereocenters. The van der Waals surface area contributed by atoms with Gasteiger partial charge >= 0.3 is 0 Å². The zero-order valence-electron chi connectivity index (χ0n) is 8.76. The lowest BCUT2D eigenvalue weighted by atomic mass is 10.1. The number of aromatic nitrogens is 1. The molecule has 82 valence electrons. The van der Waals surface area contributed by atoms with Gasteiger partial charge in [-0.1, -0.05) is 36.4 Å². The molecule has 0 fully saturated rings. The molecule has 1 aromatic heterocycles. The summed E-state index contributed by atoms with van der Waals surface area (Å²) in [7, 11) is 0. The Morgan fingerprint density at radius 3 is 1.62 bits per heavy atom. The van der Waals surface area contributed by atoms with Gasteiger partial charge in [-0.2, -0.15) is 0 Å². The first-order valence-corrected chi connectivity index (χ1v) is 4.68. The Hall–Kier alpha value is -1.64. The summed E-state index contributed by atoms with van der Waals surface area (Å²) in [5.41, 5.74) is 2.12.